The van der Waals surface area contributed by atoms with Crippen molar-refractivity contribution >= 4 is 40.1 Å². The molecule has 0 unspecified atom stereocenters. The lowest BCUT2D eigenvalue weighted by atomic mass is 9.85. The number of rotatable bonds is 5. The molecule has 0 saturated carbocycles. The molecule has 2 fully saturated rings. The number of piperidine rings is 1. The molecule has 3 amide bonds. The van der Waals surface area contributed by atoms with E-state index in [1.165, 1.54) is 4.90 Å². The second-order valence-electron chi connectivity index (χ2n) is 9.49. The molecule has 2 saturated heterocycles. The van der Waals surface area contributed by atoms with Gasteiger partial charge in [-0.15, -0.1) is 0 Å². The average Bonchev–Trinajstić information content (AvgIpc) is 3.40. The summed E-state index contributed by atoms with van der Waals surface area (Å²) in [5, 5.41) is 9.29. The first-order chi connectivity index (χ1) is 18.1. The molecule has 3 aromatic rings. The van der Waals surface area contributed by atoms with Gasteiger partial charge >= 0.3 is 6.18 Å². The minimum Gasteiger partial charge on any atom is -0.382 e. The summed E-state index contributed by atoms with van der Waals surface area (Å²) in [6.07, 6.45) is -3.95. The number of fused-ring (bicyclic) bond motifs is 1. The molecule has 3 heterocycles. The fourth-order valence-electron chi connectivity index (χ4n) is 5.19. The molecular formula is C25H26F3N7O3. The highest BCUT2D eigenvalue weighted by Gasteiger charge is 2.54. The number of nitrogens with zero attached hydrogens (tertiary/aromatic N) is 4. The van der Waals surface area contributed by atoms with Gasteiger partial charge in [0.15, 0.2) is 5.82 Å². The van der Waals surface area contributed by atoms with Crippen LogP contribution in [-0.2, 0) is 9.59 Å². The molecule has 5 rings (SSSR count). The van der Waals surface area contributed by atoms with Crippen LogP contribution in [0.4, 0.5) is 24.7 Å². The summed E-state index contributed by atoms with van der Waals surface area (Å²) in [6.45, 7) is -1.34. The molecule has 0 atom stereocenters. The molecule has 10 nitrogen and oxygen atoms in total. The van der Waals surface area contributed by atoms with E-state index in [-0.39, 0.29) is 31.6 Å². The number of para-hydroxylation sites is 1. The van der Waals surface area contributed by atoms with Gasteiger partial charge in [-0.2, -0.15) is 18.3 Å². The van der Waals surface area contributed by atoms with Crippen molar-refractivity contribution in [3.63, 3.8) is 0 Å². The Bertz CT molecular complexity index is 1370. The van der Waals surface area contributed by atoms with Crippen molar-refractivity contribution in [1.29, 1.82) is 0 Å². The van der Waals surface area contributed by atoms with Gasteiger partial charge in [0.05, 0.1) is 12.2 Å². The Morgan fingerprint density at radius 2 is 1.82 bits per heavy atom. The summed E-state index contributed by atoms with van der Waals surface area (Å²) in [4.78, 5) is 43.9. The van der Waals surface area contributed by atoms with Gasteiger partial charge < -0.3 is 25.8 Å². The van der Waals surface area contributed by atoms with Crippen LogP contribution in [0.3, 0.4) is 0 Å². The second kappa shape index (κ2) is 9.54. The average molecular weight is 530 g/mol. The number of alkyl halides is 3. The minimum absolute atomic E-state index is 0.0497. The van der Waals surface area contributed by atoms with Gasteiger partial charge in [-0.05, 0) is 43.2 Å². The predicted octanol–water partition coefficient (Wildman–Crippen LogP) is 2.10. The van der Waals surface area contributed by atoms with Crippen molar-refractivity contribution in [1.82, 2.24) is 25.3 Å². The highest BCUT2D eigenvalue weighted by atomic mass is 19.4. The summed E-state index contributed by atoms with van der Waals surface area (Å²) >= 11 is 0. The Labute approximate surface area is 215 Å². The zero-order valence-electron chi connectivity index (χ0n) is 20.3. The van der Waals surface area contributed by atoms with E-state index in [0.717, 1.165) is 5.69 Å². The van der Waals surface area contributed by atoms with Crippen LogP contribution in [0.2, 0.25) is 0 Å². The van der Waals surface area contributed by atoms with E-state index >= 15 is 0 Å². The topological polar surface area (TPSA) is 128 Å². The number of aromatic amines is 1. The number of benzene rings is 2. The van der Waals surface area contributed by atoms with Gasteiger partial charge in [0.2, 0.25) is 5.91 Å². The third-order valence-corrected chi connectivity index (χ3v) is 7.12. The van der Waals surface area contributed by atoms with Crippen LogP contribution in [0, 0.1) is 0 Å². The monoisotopic (exact) mass is 529 g/mol. The molecule has 4 N–H and O–H groups in total. The summed E-state index contributed by atoms with van der Waals surface area (Å²) in [6, 6.07) is 14.2. The maximum Gasteiger partial charge on any atom is 0.405 e. The number of hydrogen-bond donors (Lipinski definition) is 3. The van der Waals surface area contributed by atoms with Crippen LogP contribution in [-0.4, -0.2) is 82.3 Å². The molecule has 2 aromatic carbocycles. The van der Waals surface area contributed by atoms with Crippen molar-refractivity contribution in [2.24, 2.45) is 0 Å². The number of likely N-dealkylation sites (tertiary alicyclic amines) is 1. The molecule has 2 aliphatic rings. The fourth-order valence-corrected chi connectivity index (χ4v) is 5.19. The number of nitrogen functional groups attached to an aromatic ring is 1. The highest BCUT2D eigenvalue weighted by Crippen LogP contribution is 2.39. The number of hydrogen-bond acceptors (Lipinski definition) is 6. The molecule has 1 aromatic heterocycles. The lowest BCUT2D eigenvalue weighted by Crippen LogP contribution is -2.57. The largest absolute Gasteiger partial charge is 0.405 e. The number of halogens is 3. The number of nitrogens with two attached hydrogens (primary N) is 1. The van der Waals surface area contributed by atoms with E-state index in [9.17, 15) is 27.6 Å². The zero-order valence-corrected chi connectivity index (χ0v) is 20.3. The Morgan fingerprint density at radius 1 is 1.11 bits per heavy atom. The Balaban J connectivity index is 1.33. The number of amides is 3. The summed E-state index contributed by atoms with van der Waals surface area (Å²) in [5.41, 5.74) is 6.63. The normalized spacial score (nSPS) is 17.4. The van der Waals surface area contributed by atoms with Crippen LogP contribution >= 0.6 is 0 Å². The third kappa shape index (κ3) is 4.71. The molecule has 13 heteroatoms. The maximum absolute atomic E-state index is 13.7. The molecule has 1 spiro atoms. The lowest BCUT2D eigenvalue weighted by Gasteiger charge is -2.43. The van der Waals surface area contributed by atoms with Gasteiger partial charge in [0.25, 0.3) is 11.8 Å². The maximum atomic E-state index is 13.7. The van der Waals surface area contributed by atoms with Crippen molar-refractivity contribution in [3.8, 4) is 0 Å². The molecule has 0 radical (unpaired) electrons. The van der Waals surface area contributed by atoms with Crippen molar-refractivity contribution in [2.45, 2.75) is 24.6 Å². The quantitative estimate of drug-likeness (QED) is 0.465. The van der Waals surface area contributed by atoms with Crippen molar-refractivity contribution < 1.29 is 27.6 Å². The molecule has 2 aliphatic heterocycles. The van der Waals surface area contributed by atoms with Gasteiger partial charge in [0.1, 0.15) is 18.6 Å². The van der Waals surface area contributed by atoms with Crippen LogP contribution in [0.25, 0.3) is 10.9 Å². The fraction of sp³-hybridized carbons (Fsp3) is 0.360. The van der Waals surface area contributed by atoms with Gasteiger partial charge in [-0.3, -0.25) is 19.5 Å². The van der Waals surface area contributed by atoms with E-state index in [4.69, 9.17) is 5.73 Å². The summed E-state index contributed by atoms with van der Waals surface area (Å²) in [5.74, 6) is -1.08. The first-order valence-corrected chi connectivity index (χ1v) is 12.1. The lowest BCUT2D eigenvalue weighted by molar-refractivity contribution is -0.142. The number of nitrogens with one attached hydrogen (secondary N) is 2. The van der Waals surface area contributed by atoms with Gasteiger partial charge in [0, 0.05) is 29.7 Å². The van der Waals surface area contributed by atoms with Crippen LogP contribution in [0.5, 0.6) is 0 Å². The van der Waals surface area contributed by atoms with E-state index in [1.807, 2.05) is 40.5 Å². The highest BCUT2D eigenvalue weighted by molar-refractivity contribution is 6.00. The molecule has 0 bridgehead atoms. The number of carbonyl (C=O) groups is 3. The van der Waals surface area contributed by atoms with E-state index in [0.29, 0.717) is 35.1 Å². The summed E-state index contributed by atoms with van der Waals surface area (Å²) < 4.78 is 37.6. The zero-order chi connectivity index (χ0) is 27.1. The number of carbonyl (C=O) groups excluding carboxylic acids is 3. The number of H-pyrrole nitrogens is 1. The van der Waals surface area contributed by atoms with Crippen LogP contribution < -0.4 is 16.0 Å². The van der Waals surface area contributed by atoms with Crippen molar-refractivity contribution in [3.05, 3.63) is 54.1 Å². The Hall–Kier alpha value is -4.29. The van der Waals surface area contributed by atoms with E-state index < -0.39 is 30.7 Å². The molecular weight excluding hydrogens is 503 g/mol. The second-order valence-corrected chi connectivity index (χ2v) is 9.49. The van der Waals surface area contributed by atoms with E-state index in [2.05, 4.69) is 10.2 Å². The van der Waals surface area contributed by atoms with Gasteiger partial charge in [-0.1, -0.05) is 18.2 Å². The Kier molecular flexibility index (Phi) is 6.37. The molecule has 200 valence electrons. The van der Waals surface area contributed by atoms with E-state index in [1.54, 1.807) is 23.1 Å². The minimum atomic E-state index is -4.55. The smallest absolute Gasteiger partial charge is 0.382 e. The third-order valence-electron chi connectivity index (χ3n) is 7.12. The molecule has 38 heavy (non-hydrogen) atoms. The first-order valence-electron chi connectivity index (χ1n) is 12.1. The van der Waals surface area contributed by atoms with Gasteiger partial charge in [-0.25, -0.2) is 0 Å². The van der Waals surface area contributed by atoms with Crippen LogP contribution in [0.1, 0.15) is 23.2 Å². The van der Waals surface area contributed by atoms with Crippen molar-refractivity contribution in [2.75, 3.05) is 43.5 Å². The summed E-state index contributed by atoms with van der Waals surface area (Å²) in [7, 11) is 0. The Morgan fingerprint density at radius 3 is 2.50 bits per heavy atom. The SMILES string of the molecule is Nc1n[nH]c2cc(C(=O)N3CCC4(CC3)C(=O)N(CC(=O)NCC(F)(F)F)CN4c3ccccc3)ccc12. The van der Waals surface area contributed by atoms with Crippen LogP contribution in [0.15, 0.2) is 48.5 Å². The molecule has 0 aliphatic carbocycles. The number of aromatic nitrogens is 2. The first kappa shape index (κ1) is 25.4. The standard InChI is InChI=1S/C25H26F3N7O3/c26-25(27,28)14-30-20(36)13-34-15-35(17-4-2-1-3-5-17)24(23(34)38)8-10-33(11-9-24)22(37)16-6-7-18-19(12-16)31-32-21(18)29/h1-7,12H,8-11,13-15H2,(H,30,36)(H3,29,31,32). The predicted molar refractivity (Wildman–Crippen MR) is 133 cm³/mol. The number of anilines is 2.